The third-order valence-electron chi connectivity index (χ3n) is 2.72. The number of oxime groups is 1. The molecule has 116 valence electrons. The monoisotopic (exact) mass is 295 g/mol. The van der Waals surface area contributed by atoms with Gasteiger partial charge in [-0.2, -0.15) is 0 Å². The zero-order chi connectivity index (χ0) is 15.7. The Balaban J connectivity index is 2.83. The average Bonchev–Trinajstić information content (AvgIpc) is 2.51. The third-order valence-corrected chi connectivity index (χ3v) is 2.72. The summed E-state index contributed by atoms with van der Waals surface area (Å²) < 4.78 is 10.5. The maximum Gasteiger partial charge on any atom is 0.226 e. The van der Waals surface area contributed by atoms with E-state index in [-0.39, 0.29) is 18.2 Å². The van der Waals surface area contributed by atoms with Crippen LogP contribution in [0.4, 0.5) is 5.69 Å². The summed E-state index contributed by atoms with van der Waals surface area (Å²) in [4.78, 5) is 11.9. The molecule has 0 aliphatic heterocycles. The van der Waals surface area contributed by atoms with Crippen molar-refractivity contribution in [3.63, 3.8) is 0 Å². The van der Waals surface area contributed by atoms with E-state index in [1.807, 2.05) is 6.92 Å². The lowest BCUT2D eigenvalue weighted by Crippen LogP contribution is -2.20. The number of amides is 1. The van der Waals surface area contributed by atoms with Crippen LogP contribution in [0.3, 0.4) is 0 Å². The Morgan fingerprint density at radius 1 is 1.43 bits per heavy atom. The van der Waals surface area contributed by atoms with Crippen molar-refractivity contribution in [2.75, 3.05) is 25.6 Å². The van der Waals surface area contributed by atoms with Crippen molar-refractivity contribution in [2.45, 2.75) is 19.8 Å². The van der Waals surface area contributed by atoms with Crippen LogP contribution < -0.4 is 15.8 Å². The van der Waals surface area contributed by atoms with Gasteiger partial charge in [0.1, 0.15) is 5.75 Å². The molecule has 0 saturated heterocycles. The van der Waals surface area contributed by atoms with E-state index in [1.54, 1.807) is 18.2 Å². The summed E-state index contributed by atoms with van der Waals surface area (Å²) in [7, 11) is 1.48. The number of rotatable bonds is 8. The number of nitrogens with one attached hydrogen (secondary N) is 1. The highest BCUT2D eigenvalue weighted by Crippen LogP contribution is 2.28. The minimum atomic E-state index is -0.234. The van der Waals surface area contributed by atoms with Gasteiger partial charge in [0.25, 0.3) is 0 Å². The molecule has 0 heterocycles. The maximum atomic E-state index is 11.9. The van der Waals surface area contributed by atoms with Crippen LogP contribution in [0, 0.1) is 0 Å². The Hall–Kier alpha value is -2.28. The molecular weight excluding hydrogens is 274 g/mol. The second-order valence-electron chi connectivity index (χ2n) is 4.28. The van der Waals surface area contributed by atoms with E-state index in [0.29, 0.717) is 30.2 Å². The normalized spacial score (nSPS) is 11.2. The fourth-order valence-electron chi connectivity index (χ4n) is 1.71. The first-order chi connectivity index (χ1) is 10.1. The number of amidine groups is 1. The van der Waals surface area contributed by atoms with Gasteiger partial charge in [-0.3, -0.25) is 4.79 Å². The highest BCUT2D eigenvalue weighted by atomic mass is 16.5. The van der Waals surface area contributed by atoms with E-state index in [4.69, 9.17) is 20.4 Å². The Morgan fingerprint density at radius 2 is 2.19 bits per heavy atom. The molecule has 0 radical (unpaired) electrons. The SMILES string of the molecule is CCCOCCC(=O)Nc1c(OC)cccc1/C(N)=N/O. The van der Waals surface area contributed by atoms with Crippen LogP contribution in [0.15, 0.2) is 23.4 Å². The van der Waals surface area contributed by atoms with Gasteiger partial charge in [0.2, 0.25) is 5.91 Å². The van der Waals surface area contributed by atoms with Gasteiger partial charge in [0, 0.05) is 12.2 Å². The Labute approximate surface area is 123 Å². The predicted octanol–water partition coefficient (Wildman–Crippen LogP) is 1.54. The minimum absolute atomic E-state index is 0.105. The number of nitrogens with zero attached hydrogens (tertiary/aromatic N) is 1. The van der Waals surface area contributed by atoms with E-state index >= 15 is 0 Å². The summed E-state index contributed by atoms with van der Waals surface area (Å²) in [5, 5.41) is 14.5. The van der Waals surface area contributed by atoms with Crippen LogP contribution in [0.2, 0.25) is 0 Å². The van der Waals surface area contributed by atoms with Crippen LogP contribution in [0.1, 0.15) is 25.3 Å². The molecule has 0 aromatic heterocycles. The number of anilines is 1. The van der Waals surface area contributed by atoms with E-state index in [2.05, 4.69) is 10.5 Å². The van der Waals surface area contributed by atoms with E-state index in [0.717, 1.165) is 6.42 Å². The number of benzene rings is 1. The summed E-state index contributed by atoms with van der Waals surface area (Å²) in [5.74, 6) is 0.0935. The van der Waals surface area contributed by atoms with Gasteiger partial charge in [0.05, 0.1) is 25.8 Å². The second kappa shape index (κ2) is 8.80. The molecule has 0 saturated carbocycles. The number of methoxy groups -OCH3 is 1. The molecule has 1 aromatic carbocycles. The topological polar surface area (TPSA) is 106 Å². The number of para-hydroxylation sites is 1. The molecule has 7 nitrogen and oxygen atoms in total. The molecule has 4 N–H and O–H groups in total. The summed E-state index contributed by atoms with van der Waals surface area (Å²) in [6, 6.07) is 4.99. The zero-order valence-corrected chi connectivity index (χ0v) is 12.3. The molecule has 0 aliphatic carbocycles. The number of hydrogen-bond donors (Lipinski definition) is 3. The summed E-state index contributed by atoms with van der Waals surface area (Å²) in [6.45, 7) is 2.96. The molecule has 0 fully saturated rings. The van der Waals surface area contributed by atoms with Gasteiger partial charge in [-0.1, -0.05) is 18.1 Å². The molecule has 1 amide bonds. The highest BCUT2D eigenvalue weighted by Gasteiger charge is 2.15. The molecule has 7 heteroatoms. The van der Waals surface area contributed by atoms with Crippen molar-refractivity contribution < 1.29 is 19.5 Å². The Bertz CT molecular complexity index is 503. The van der Waals surface area contributed by atoms with Crippen molar-refractivity contribution in [1.82, 2.24) is 0 Å². The smallest absolute Gasteiger partial charge is 0.226 e. The first-order valence-electron chi connectivity index (χ1n) is 6.66. The largest absolute Gasteiger partial charge is 0.495 e. The third kappa shape index (κ3) is 4.96. The molecule has 0 unspecified atom stereocenters. The van der Waals surface area contributed by atoms with E-state index in [9.17, 15) is 4.79 Å². The lowest BCUT2D eigenvalue weighted by atomic mass is 10.1. The lowest BCUT2D eigenvalue weighted by Gasteiger charge is -2.14. The van der Waals surface area contributed by atoms with Crippen LogP contribution in [0.5, 0.6) is 5.75 Å². The lowest BCUT2D eigenvalue weighted by molar-refractivity contribution is -0.117. The van der Waals surface area contributed by atoms with Crippen molar-refractivity contribution in [1.29, 1.82) is 0 Å². The van der Waals surface area contributed by atoms with Gasteiger partial charge in [-0.05, 0) is 18.6 Å². The molecule has 0 atom stereocenters. The van der Waals surface area contributed by atoms with Crippen molar-refractivity contribution in [2.24, 2.45) is 10.9 Å². The van der Waals surface area contributed by atoms with Crippen LogP contribution in [0.25, 0.3) is 0 Å². The first kappa shape index (κ1) is 16.8. The standard InChI is InChI=1S/C14H21N3O4/c1-3-8-21-9-7-12(18)16-13-10(14(15)17-19)5-4-6-11(13)20-2/h4-6,19H,3,7-9H2,1-2H3,(H2,15,17)(H,16,18). The van der Waals surface area contributed by atoms with Gasteiger partial charge < -0.3 is 25.7 Å². The van der Waals surface area contributed by atoms with Crippen LogP contribution >= 0.6 is 0 Å². The second-order valence-corrected chi connectivity index (χ2v) is 4.28. The molecule has 21 heavy (non-hydrogen) atoms. The Kier molecular flexibility index (Phi) is 7.03. The first-order valence-corrected chi connectivity index (χ1v) is 6.66. The van der Waals surface area contributed by atoms with E-state index in [1.165, 1.54) is 7.11 Å². The summed E-state index contributed by atoms with van der Waals surface area (Å²) >= 11 is 0. The molecular formula is C14H21N3O4. The summed E-state index contributed by atoms with van der Waals surface area (Å²) in [6.07, 6.45) is 1.12. The van der Waals surface area contributed by atoms with Gasteiger partial charge in [-0.15, -0.1) is 0 Å². The van der Waals surface area contributed by atoms with Crippen LogP contribution in [-0.2, 0) is 9.53 Å². The minimum Gasteiger partial charge on any atom is -0.495 e. The fraction of sp³-hybridized carbons (Fsp3) is 0.429. The van der Waals surface area contributed by atoms with Gasteiger partial charge in [0.15, 0.2) is 5.84 Å². The number of carbonyl (C=O) groups is 1. The summed E-state index contributed by atoms with van der Waals surface area (Å²) in [5.41, 5.74) is 6.36. The molecule has 0 bridgehead atoms. The van der Waals surface area contributed by atoms with Gasteiger partial charge in [-0.25, -0.2) is 0 Å². The number of hydrogen-bond acceptors (Lipinski definition) is 5. The fourth-order valence-corrected chi connectivity index (χ4v) is 1.71. The average molecular weight is 295 g/mol. The van der Waals surface area contributed by atoms with Crippen molar-refractivity contribution >= 4 is 17.4 Å². The van der Waals surface area contributed by atoms with Crippen molar-refractivity contribution in [3.05, 3.63) is 23.8 Å². The number of carbonyl (C=O) groups excluding carboxylic acids is 1. The zero-order valence-electron chi connectivity index (χ0n) is 12.3. The van der Waals surface area contributed by atoms with E-state index < -0.39 is 0 Å². The van der Waals surface area contributed by atoms with Crippen molar-refractivity contribution in [3.8, 4) is 5.75 Å². The number of nitrogens with two attached hydrogens (primary N) is 1. The molecule has 1 aromatic rings. The predicted molar refractivity (Wildman–Crippen MR) is 79.9 cm³/mol. The Morgan fingerprint density at radius 3 is 2.81 bits per heavy atom. The molecule has 0 spiro atoms. The quantitative estimate of drug-likeness (QED) is 0.222. The molecule has 1 rings (SSSR count). The van der Waals surface area contributed by atoms with Gasteiger partial charge >= 0.3 is 0 Å². The number of ether oxygens (including phenoxy) is 2. The van der Waals surface area contributed by atoms with Crippen LogP contribution in [-0.4, -0.2) is 37.3 Å². The highest BCUT2D eigenvalue weighted by molar-refractivity contribution is 6.06. The maximum absolute atomic E-state index is 11.9. The molecule has 0 aliphatic rings.